The monoisotopic (exact) mass is 212 g/mol. The van der Waals surface area contributed by atoms with Gasteiger partial charge in [0.05, 0.1) is 18.3 Å². The Labute approximate surface area is 88.5 Å². The minimum absolute atomic E-state index is 0.0287. The summed E-state index contributed by atoms with van der Waals surface area (Å²) in [6, 6.07) is 0. The molecule has 4 nitrogen and oxygen atoms in total. The molecule has 3 saturated heterocycles. The van der Waals surface area contributed by atoms with Crippen molar-refractivity contribution in [1.29, 1.82) is 0 Å². The Kier molecular flexibility index (Phi) is 1.53. The Morgan fingerprint density at radius 2 is 2.13 bits per heavy atom. The number of aliphatic hydroxyl groups excluding tert-OH is 1. The van der Waals surface area contributed by atoms with Crippen molar-refractivity contribution in [3.05, 3.63) is 0 Å². The summed E-state index contributed by atoms with van der Waals surface area (Å²) >= 11 is 0. The molecule has 4 rings (SSSR count). The number of aliphatic hydroxyl groups is 1. The number of hydrogen-bond acceptors (Lipinski definition) is 4. The van der Waals surface area contributed by atoms with Gasteiger partial charge in [-0.1, -0.05) is 0 Å². The van der Waals surface area contributed by atoms with Gasteiger partial charge >= 0.3 is 0 Å². The molecule has 0 aromatic carbocycles. The van der Waals surface area contributed by atoms with Gasteiger partial charge in [-0.25, -0.2) is 0 Å². The minimum Gasteiger partial charge on any atom is -0.388 e. The summed E-state index contributed by atoms with van der Waals surface area (Å²) in [7, 11) is 0. The van der Waals surface area contributed by atoms with E-state index in [1.165, 1.54) is 0 Å². The topological polar surface area (TPSA) is 51.2 Å². The Balaban J connectivity index is 1.72. The first-order valence-electron chi connectivity index (χ1n) is 5.87. The maximum absolute atomic E-state index is 9.91. The predicted molar refractivity (Wildman–Crippen MR) is 50.5 cm³/mol. The zero-order valence-corrected chi connectivity index (χ0v) is 8.76. The van der Waals surface area contributed by atoms with Gasteiger partial charge in [0, 0.05) is 6.42 Å². The van der Waals surface area contributed by atoms with Gasteiger partial charge in [-0.3, -0.25) is 0 Å². The number of rotatable bonds is 0. The fourth-order valence-electron chi connectivity index (χ4n) is 3.63. The molecule has 0 aromatic heterocycles. The molecule has 84 valence electrons. The SMILES string of the molecule is C[C@H]1CC[C@@H]2O[C@@H]3C[C@@]2(O1)[C@H]1OC1[C@H]3O. The van der Waals surface area contributed by atoms with Crippen LogP contribution < -0.4 is 0 Å². The van der Waals surface area contributed by atoms with E-state index < -0.39 is 6.10 Å². The van der Waals surface area contributed by atoms with E-state index in [2.05, 4.69) is 6.92 Å². The molecule has 0 radical (unpaired) electrons. The van der Waals surface area contributed by atoms with Crippen molar-refractivity contribution < 1.29 is 19.3 Å². The van der Waals surface area contributed by atoms with Crippen molar-refractivity contribution in [2.24, 2.45) is 0 Å². The molecule has 7 atom stereocenters. The van der Waals surface area contributed by atoms with Crippen LogP contribution in [0.5, 0.6) is 0 Å². The van der Waals surface area contributed by atoms with Crippen molar-refractivity contribution in [2.75, 3.05) is 0 Å². The van der Waals surface area contributed by atoms with Gasteiger partial charge in [-0.05, 0) is 19.8 Å². The standard InChI is InChI=1S/C11H16O4/c1-5-2-3-7-11(15-5)4-6(13-7)8(12)9-10(11)14-9/h5-10,12H,2-4H2,1H3/t5-,6+,7-,8-,9?,10-,11-/m0/s1. The van der Waals surface area contributed by atoms with Crippen molar-refractivity contribution >= 4 is 0 Å². The van der Waals surface area contributed by atoms with Gasteiger partial charge in [-0.15, -0.1) is 0 Å². The Bertz CT molecular complexity index is 307. The smallest absolute Gasteiger partial charge is 0.126 e. The highest BCUT2D eigenvalue weighted by atomic mass is 16.7. The van der Waals surface area contributed by atoms with Gasteiger partial charge in [0.1, 0.15) is 23.9 Å². The summed E-state index contributed by atoms with van der Waals surface area (Å²) in [4.78, 5) is 0. The van der Waals surface area contributed by atoms with E-state index >= 15 is 0 Å². The average molecular weight is 212 g/mol. The maximum Gasteiger partial charge on any atom is 0.126 e. The zero-order valence-electron chi connectivity index (χ0n) is 8.76. The second-order valence-electron chi connectivity index (χ2n) is 5.34. The minimum atomic E-state index is -0.440. The lowest BCUT2D eigenvalue weighted by Crippen LogP contribution is -2.54. The van der Waals surface area contributed by atoms with Crippen molar-refractivity contribution in [2.45, 2.75) is 68.4 Å². The zero-order chi connectivity index (χ0) is 10.2. The highest BCUT2D eigenvalue weighted by molar-refractivity contribution is 5.20. The molecule has 15 heavy (non-hydrogen) atoms. The van der Waals surface area contributed by atoms with E-state index in [9.17, 15) is 5.11 Å². The molecular weight excluding hydrogens is 196 g/mol. The first-order valence-corrected chi connectivity index (χ1v) is 5.87. The van der Waals surface area contributed by atoms with Crippen molar-refractivity contribution in [3.8, 4) is 0 Å². The molecule has 2 bridgehead atoms. The average Bonchev–Trinajstić information content (AvgIpc) is 2.93. The first kappa shape index (κ1) is 8.93. The van der Waals surface area contributed by atoms with Crippen LogP contribution in [0.1, 0.15) is 26.2 Å². The Morgan fingerprint density at radius 3 is 3.00 bits per heavy atom. The van der Waals surface area contributed by atoms with E-state index in [4.69, 9.17) is 14.2 Å². The molecule has 4 heteroatoms. The maximum atomic E-state index is 9.91. The quantitative estimate of drug-likeness (QED) is 0.584. The van der Waals surface area contributed by atoms with Crippen LogP contribution in [0.4, 0.5) is 0 Å². The third kappa shape index (κ3) is 0.965. The van der Waals surface area contributed by atoms with Gasteiger partial charge in [0.15, 0.2) is 0 Å². The van der Waals surface area contributed by atoms with E-state index in [1.54, 1.807) is 0 Å². The van der Waals surface area contributed by atoms with E-state index in [-0.39, 0.29) is 30.0 Å². The summed E-state index contributed by atoms with van der Waals surface area (Å²) in [5.41, 5.74) is -0.230. The van der Waals surface area contributed by atoms with Crippen molar-refractivity contribution in [3.63, 3.8) is 0 Å². The number of epoxide rings is 1. The highest BCUT2D eigenvalue weighted by Crippen LogP contribution is 2.56. The number of hydrogen-bond donors (Lipinski definition) is 1. The third-order valence-corrected chi connectivity index (χ3v) is 4.38. The van der Waals surface area contributed by atoms with Crippen LogP contribution in [-0.2, 0) is 14.2 Å². The molecule has 4 fully saturated rings. The molecular formula is C11H16O4. The first-order chi connectivity index (χ1) is 7.21. The predicted octanol–water partition coefficient (Wildman–Crippen LogP) is 0.223. The molecule has 1 unspecified atom stereocenters. The fraction of sp³-hybridized carbons (Fsp3) is 1.00. The van der Waals surface area contributed by atoms with Gasteiger partial charge in [0.25, 0.3) is 0 Å². The van der Waals surface area contributed by atoms with Gasteiger partial charge in [0.2, 0.25) is 0 Å². The summed E-state index contributed by atoms with van der Waals surface area (Å²) in [6.07, 6.45) is 2.88. The molecule has 3 heterocycles. The van der Waals surface area contributed by atoms with Crippen LogP contribution in [-0.4, -0.2) is 47.3 Å². The molecule has 1 spiro atoms. The van der Waals surface area contributed by atoms with Crippen LogP contribution >= 0.6 is 0 Å². The molecule has 4 aliphatic rings. The summed E-state index contributed by atoms with van der Waals surface area (Å²) < 4.78 is 17.6. The number of fused-ring (bicyclic) bond motifs is 2. The third-order valence-electron chi connectivity index (χ3n) is 4.38. The normalized spacial score (nSPS) is 66.0. The lowest BCUT2D eigenvalue weighted by atomic mass is 9.78. The molecule has 0 amide bonds. The van der Waals surface area contributed by atoms with Crippen LogP contribution in [0.2, 0.25) is 0 Å². The fourth-order valence-corrected chi connectivity index (χ4v) is 3.63. The lowest BCUT2D eigenvalue weighted by Gasteiger charge is -2.40. The Hall–Kier alpha value is -0.160. The van der Waals surface area contributed by atoms with Gasteiger partial charge < -0.3 is 19.3 Å². The van der Waals surface area contributed by atoms with Crippen LogP contribution in [0.3, 0.4) is 0 Å². The van der Waals surface area contributed by atoms with Crippen molar-refractivity contribution in [1.82, 2.24) is 0 Å². The number of ether oxygens (including phenoxy) is 3. The Morgan fingerprint density at radius 1 is 1.27 bits per heavy atom. The molecule has 1 saturated carbocycles. The van der Waals surface area contributed by atoms with E-state index in [1.807, 2.05) is 0 Å². The van der Waals surface area contributed by atoms with E-state index in [0.717, 1.165) is 19.3 Å². The second kappa shape index (κ2) is 2.56. The molecule has 1 N–H and O–H groups in total. The van der Waals surface area contributed by atoms with Crippen LogP contribution in [0.15, 0.2) is 0 Å². The van der Waals surface area contributed by atoms with Crippen LogP contribution in [0, 0.1) is 0 Å². The lowest BCUT2D eigenvalue weighted by molar-refractivity contribution is -0.169. The summed E-state index contributed by atoms with van der Waals surface area (Å²) in [5, 5.41) is 9.91. The molecule has 3 aliphatic heterocycles. The summed E-state index contributed by atoms with van der Waals surface area (Å²) in [5.74, 6) is 0. The largest absolute Gasteiger partial charge is 0.388 e. The molecule has 0 aromatic rings. The second-order valence-corrected chi connectivity index (χ2v) is 5.34. The van der Waals surface area contributed by atoms with Crippen LogP contribution in [0.25, 0.3) is 0 Å². The molecule has 1 aliphatic carbocycles. The highest BCUT2D eigenvalue weighted by Gasteiger charge is 2.72. The van der Waals surface area contributed by atoms with Gasteiger partial charge in [-0.2, -0.15) is 0 Å². The van der Waals surface area contributed by atoms with E-state index in [0.29, 0.717) is 6.10 Å². The summed E-state index contributed by atoms with van der Waals surface area (Å²) in [6.45, 7) is 2.11.